The number of para-hydroxylation sites is 1. The molecule has 1 amide bonds. The third-order valence-corrected chi connectivity index (χ3v) is 4.12. The minimum atomic E-state index is 0.000204. The molecule has 2 heterocycles. The Bertz CT molecular complexity index is 619. The van der Waals surface area contributed by atoms with Gasteiger partial charge < -0.3 is 10.6 Å². The number of aromatic nitrogens is 2. The first-order valence-electron chi connectivity index (χ1n) is 7.17. The number of nitrogens with one attached hydrogen (secondary N) is 1. The van der Waals surface area contributed by atoms with E-state index in [1.54, 1.807) is 6.20 Å². The molecule has 5 nitrogen and oxygen atoms in total. The fraction of sp³-hybridized carbons (Fsp3) is 0.467. The monoisotopic (exact) mass is 272 g/mol. The molecule has 0 bridgehead atoms. The number of piperidine rings is 1. The van der Waals surface area contributed by atoms with Crippen LogP contribution in [-0.2, 0) is 0 Å². The number of fused-ring (bicyclic) bond motifs is 1. The topological polar surface area (TPSA) is 75.0 Å². The maximum Gasteiger partial charge on any atom is 0.256 e. The highest BCUT2D eigenvalue weighted by Gasteiger charge is 2.30. The first-order chi connectivity index (χ1) is 9.68. The molecule has 0 unspecified atom stereocenters. The van der Waals surface area contributed by atoms with Crippen molar-refractivity contribution in [1.29, 1.82) is 0 Å². The molecule has 1 saturated heterocycles. The molecule has 1 aliphatic rings. The highest BCUT2D eigenvalue weighted by Crippen LogP contribution is 2.24. The molecule has 1 fully saturated rings. The van der Waals surface area contributed by atoms with Crippen molar-refractivity contribution in [2.75, 3.05) is 6.54 Å². The number of H-pyrrole nitrogens is 1. The first-order valence-corrected chi connectivity index (χ1v) is 7.17. The average molecular weight is 272 g/mol. The van der Waals surface area contributed by atoms with E-state index in [0.29, 0.717) is 5.56 Å². The van der Waals surface area contributed by atoms with Gasteiger partial charge in [-0.3, -0.25) is 9.89 Å². The van der Waals surface area contributed by atoms with Crippen molar-refractivity contribution >= 4 is 16.8 Å². The maximum atomic E-state index is 12.8. The molecule has 0 spiro atoms. The van der Waals surface area contributed by atoms with Crippen LogP contribution in [0.15, 0.2) is 24.4 Å². The van der Waals surface area contributed by atoms with Crippen molar-refractivity contribution < 1.29 is 4.79 Å². The van der Waals surface area contributed by atoms with E-state index in [-0.39, 0.29) is 18.0 Å². The van der Waals surface area contributed by atoms with Crippen LogP contribution in [0.1, 0.15) is 36.5 Å². The van der Waals surface area contributed by atoms with Crippen LogP contribution >= 0.6 is 0 Å². The van der Waals surface area contributed by atoms with Gasteiger partial charge in [0.1, 0.15) is 0 Å². The van der Waals surface area contributed by atoms with Crippen molar-refractivity contribution in [2.45, 2.75) is 38.3 Å². The van der Waals surface area contributed by atoms with Gasteiger partial charge in [-0.25, -0.2) is 0 Å². The van der Waals surface area contributed by atoms with Gasteiger partial charge in [-0.05, 0) is 32.3 Å². The van der Waals surface area contributed by atoms with Gasteiger partial charge in [0.2, 0.25) is 0 Å². The summed E-state index contributed by atoms with van der Waals surface area (Å²) in [5, 5.41) is 7.91. The smallest absolute Gasteiger partial charge is 0.256 e. The molecular formula is C15H20N4O. The lowest BCUT2D eigenvalue weighted by atomic mass is 9.95. The summed E-state index contributed by atoms with van der Waals surface area (Å²) in [6, 6.07) is 5.84. The SMILES string of the molecule is C[C@@H](N)[C@@H]1CCCCN1C(=O)c1cccc2cn[nH]c12. The van der Waals surface area contributed by atoms with E-state index in [9.17, 15) is 4.79 Å². The zero-order chi connectivity index (χ0) is 14.1. The molecule has 1 aromatic carbocycles. The Morgan fingerprint density at radius 3 is 3.15 bits per heavy atom. The van der Waals surface area contributed by atoms with Gasteiger partial charge in [-0.2, -0.15) is 5.10 Å². The Morgan fingerprint density at radius 2 is 2.35 bits per heavy atom. The van der Waals surface area contributed by atoms with E-state index in [4.69, 9.17) is 5.73 Å². The summed E-state index contributed by atoms with van der Waals surface area (Å²) in [5.41, 5.74) is 7.55. The fourth-order valence-corrected chi connectivity index (χ4v) is 3.06. The van der Waals surface area contributed by atoms with Gasteiger partial charge in [-0.15, -0.1) is 0 Å². The number of nitrogens with zero attached hydrogens (tertiary/aromatic N) is 2. The molecule has 1 aliphatic heterocycles. The predicted molar refractivity (Wildman–Crippen MR) is 78.4 cm³/mol. The van der Waals surface area contributed by atoms with Crippen molar-refractivity contribution in [2.24, 2.45) is 5.73 Å². The normalized spacial score (nSPS) is 21.1. The highest BCUT2D eigenvalue weighted by atomic mass is 16.2. The second kappa shape index (κ2) is 5.25. The molecule has 2 aromatic rings. The van der Waals surface area contributed by atoms with Crippen LogP contribution in [0.4, 0.5) is 0 Å². The molecule has 0 aliphatic carbocycles. The number of nitrogens with two attached hydrogens (primary N) is 1. The van der Waals surface area contributed by atoms with E-state index in [1.807, 2.05) is 30.0 Å². The summed E-state index contributed by atoms with van der Waals surface area (Å²) in [4.78, 5) is 14.8. The molecule has 2 atom stereocenters. The zero-order valence-corrected chi connectivity index (χ0v) is 11.7. The van der Waals surface area contributed by atoms with Crippen molar-refractivity contribution in [3.63, 3.8) is 0 Å². The van der Waals surface area contributed by atoms with Crippen LogP contribution in [0.3, 0.4) is 0 Å². The number of amides is 1. The molecule has 20 heavy (non-hydrogen) atoms. The average Bonchev–Trinajstić information content (AvgIpc) is 2.94. The van der Waals surface area contributed by atoms with Gasteiger partial charge in [-0.1, -0.05) is 12.1 Å². The number of carbonyl (C=O) groups excluding carboxylic acids is 1. The molecule has 0 radical (unpaired) electrons. The van der Waals surface area contributed by atoms with Crippen LogP contribution in [0.25, 0.3) is 10.9 Å². The molecule has 0 saturated carbocycles. The standard InChI is InChI=1S/C15H20N4O/c1-10(16)13-7-2-3-8-19(13)15(20)12-6-4-5-11-9-17-18-14(11)12/h4-6,9-10,13H,2-3,7-8,16H2,1H3,(H,17,18)/t10-,13+/m1/s1. The molecule has 3 rings (SSSR count). The van der Waals surface area contributed by atoms with E-state index in [2.05, 4.69) is 10.2 Å². The third-order valence-electron chi connectivity index (χ3n) is 4.12. The van der Waals surface area contributed by atoms with Crippen LogP contribution in [0.2, 0.25) is 0 Å². The van der Waals surface area contributed by atoms with E-state index in [0.717, 1.165) is 36.7 Å². The number of aromatic amines is 1. The van der Waals surface area contributed by atoms with Gasteiger partial charge >= 0.3 is 0 Å². The summed E-state index contributed by atoms with van der Waals surface area (Å²) in [7, 11) is 0. The summed E-state index contributed by atoms with van der Waals surface area (Å²) < 4.78 is 0. The number of carbonyl (C=O) groups is 1. The van der Waals surface area contributed by atoms with Crippen molar-refractivity contribution in [3.05, 3.63) is 30.0 Å². The van der Waals surface area contributed by atoms with Gasteiger partial charge in [0, 0.05) is 24.0 Å². The van der Waals surface area contributed by atoms with E-state index in [1.165, 1.54) is 0 Å². The minimum Gasteiger partial charge on any atom is -0.334 e. The molecule has 1 aromatic heterocycles. The molecule has 106 valence electrons. The predicted octanol–water partition coefficient (Wildman–Crippen LogP) is 1.90. The Balaban J connectivity index is 1.96. The van der Waals surface area contributed by atoms with Crippen LogP contribution in [0, 0.1) is 0 Å². The van der Waals surface area contributed by atoms with Crippen LogP contribution < -0.4 is 5.73 Å². The van der Waals surface area contributed by atoms with Crippen molar-refractivity contribution in [1.82, 2.24) is 15.1 Å². The number of hydrogen-bond donors (Lipinski definition) is 2. The molecule has 5 heteroatoms. The Morgan fingerprint density at radius 1 is 1.50 bits per heavy atom. The fourth-order valence-electron chi connectivity index (χ4n) is 3.06. The van der Waals surface area contributed by atoms with Gasteiger partial charge in [0.25, 0.3) is 5.91 Å². The summed E-state index contributed by atoms with van der Waals surface area (Å²) >= 11 is 0. The zero-order valence-electron chi connectivity index (χ0n) is 11.7. The Kier molecular flexibility index (Phi) is 3.44. The molecular weight excluding hydrogens is 252 g/mol. The highest BCUT2D eigenvalue weighted by molar-refractivity contribution is 6.05. The molecule has 3 N–H and O–H groups in total. The number of rotatable bonds is 2. The lowest BCUT2D eigenvalue weighted by Gasteiger charge is -2.38. The maximum absolute atomic E-state index is 12.8. The summed E-state index contributed by atoms with van der Waals surface area (Å²) in [6.45, 7) is 2.77. The Labute approximate surface area is 118 Å². The first kappa shape index (κ1) is 13.1. The lowest BCUT2D eigenvalue weighted by molar-refractivity contribution is 0.0585. The summed E-state index contributed by atoms with van der Waals surface area (Å²) in [6.07, 6.45) is 4.92. The van der Waals surface area contributed by atoms with E-state index >= 15 is 0 Å². The third kappa shape index (κ3) is 2.18. The number of likely N-dealkylation sites (tertiary alicyclic amines) is 1. The largest absolute Gasteiger partial charge is 0.334 e. The summed E-state index contributed by atoms with van der Waals surface area (Å²) in [5.74, 6) is 0.0573. The lowest BCUT2D eigenvalue weighted by Crippen LogP contribution is -2.51. The minimum absolute atomic E-state index is 0.000204. The van der Waals surface area contributed by atoms with Gasteiger partial charge in [0.15, 0.2) is 0 Å². The van der Waals surface area contributed by atoms with E-state index < -0.39 is 0 Å². The van der Waals surface area contributed by atoms with Crippen LogP contribution in [-0.4, -0.2) is 39.6 Å². The van der Waals surface area contributed by atoms with Gasteiger partial charge in [0.05, 0.1) is 17.3 Å². The second-order valence-corrected chi connectivity index (χ2v) is 5.56. The number of hydrogen-bond acceptors (Lipinski definition) is 3. The quantitative estimate of drug-likeness (QED) is 0.876. The second-order valence-electron chi connectivity index (χ2n) is 5.56. The Hall–Kier alpha value is -1.88. The van der Waals surface area contributed by atoms with Crippen molar-refractivity contribution in [3.8, 4) is 0 Å². The van der Waals surface area contributed by atoms with Crippen LogP contribution in [0.5, 0.6) is 0 Å². The number of benzene rings is 1.